The standard InChI is InChI=1S/C14H22N2O2/c1-2-16(10-5-11-17)14(18)13-7-4-3-6-12(13)8-9-15/h3-4,6-7,17H,2,5,8-11,15H2,1H3. The van der Waals surface area contributed by atoms with Gasteiger partial charge in [-0.05, 0) is 37.9 Å². The minimum atomic E-state index is 0.0231. The molecule has 0 aliphatic rings. The van der Waals surface area contributed by atoms with E-state index in [0.29, 0.717) is 32.5 Å². The normalized spacial score (nSPS) is 10.4. The van der Waals surface area contributed by atoms with Crippen LogP contribution in [0.25, 0.3) is 0 Å². The van der Waals surface area contributed by atoms with Gasteiger partial charge in [-0.2, -0.15) is 0 Å². The Labute approximate surface area is 108 Å². The van der Waals surface area contributed by atoms with Gasteiger partial charge in [-0.3, -0.25) is 4.79 Å². The van der Waals surface area contributed by atoms with Crippen molar-refractivity contribution in [1.82, 2.24) is 4.90 Å². The molecule has 0 radical (unpaired) electrons. The molecular weight excluding hydrogens is 228 g/mol. The fourth-order valence-corrected chi connectivity index (χ4v) is 1.94. The topological polar surface area (TPSA) is 66.6 Å². The maximum absolute atomic E-state index is 12.4. The minimum absolute atomic E-state index is 0.0231. The number of nitrogens with zero attached hydrogens (tertiary/aromatic N) is 1. The van der Waals surface area contributed by atoms with Gasteiger partial charge >= 0.3 is 0 Å². The number of amides is 1. The first kappa shape index (κ1) is 14.7. The van der Waals surface area contributed by atoms with Gasteiger partial charge in [-0.15, -0.1) is 0 Å². The third-order valence-electron chi connectivity index (χ3n) is 2.92. The highest BCUT2D eigenvalue weighted by atomic mass is 16.3. The molecule has 0 bridgehead atoms. The third kappa shape index (κ3) is 3.82. The fraction of sp³-hybridized carbons (Fsp3) is 0.500. The van der Waals surface area contributed by atoms with Gasteiger partial charge in [-0.1, -0.05) is 18.2 Å². The van der Waals surface area contributed by atoms with Gasteiger partial charge < -0.3 is 15.7 Å². The number of rotatable bonds is 7. The lowest BCUT2D eigenvalue weighted by Crippen LogP contribution is -2.33. The predicted molar refractivity (Wildman–Crippen MR) is 72.5 cm³/mol. The summed E-state index contributed by atoms with van der Waals surface area (Å²) < 4.78 is 0. The van der Waals surface area contributed by atoms with E-state index in [1.54, 1.807) is 4.90 Å². The lowest BCUT2D eigenvalue weighted by molar-refractivity contribution is 0.0753. The van der Waals surface area contributed by atoms with Crippen molar-refractivity contribution >= 4 is 5.91 Å². The zero-order chi connectivity index (χ0) is 13.4. The smallest absolute Gasteiger partial charge is 0.254 e. The summed E-state index contributed by atoms with van der Waals surface area (Å²) in [6.07, 6.45) is 1.32. The molecule has 0 saturated heterocycles. The van der Waals surface area contributed by atoms with Crippen molar-refractivity contribution in [3.8, 4) is 0 Å². The number of hydrogen-bond acceptors (Lipinski definition) is 3. The molecule has 0 aliphatic carbocycles. The lowest BCUT2D eigenvalue weighted by atomic mass is 10.0. The van der Waals surface area contributed by atoms with Crippen LogP contribution in [0.15, 0.2) is 24.3 Å². The Kier molecular flexibility index (Phi) is 6.39. The van der Waals surface area contributed by atoms with Gasteiger partial charge in [0.25, 0.3) is 5.91 Å². The van der Waals surface area contributed by atoms with Crippen LogP contribution in [0.5, 0.6) is 0 Å². The molecule has 0 saturated carbocycles. The van der Waals surface area contributed by atoms with E-state index in [4.69, 9.17) is 10.8 Å². The molecule has 0 aromatic heterocycles. The Bertz CT molecular complexity index is 380. The quantitative estimate of drug-likeness (QED) is 0.759. The molecule has 1 aromatic rings. The molecule has 0 atom stereocenters. The molecule has 3 N–H and O–H groups in total. The average Bonchev–Trinajstić information content (AvgIpc) is 2.40. The Hall–Kier alpha value is -1.39. The summed E-state index contributed by atoms with van der Waals surface area (Å²) in [4.78, 5) is 14.1. The molecule has 0 heterocycles. The molecule has 1 amide bonds. The molecule has 18 heavy (non-hydrogen) atoms. The van der Waals surface area contributed by atoms with E-state index in [1.165, 1.54) is 0 Å². The molecule has 1 rings (SSSR count). The van der Waals surface area contributed by atoms with Crippen LogP contribution in [0.4, 0.5) is 0 Å². The van der Waals surface area contributed by atoms with Crippen LogP contribution >= 0.6 is 0 Å². The first-order valence-electron chi connectivity index (χ1n) is 6.42. The second kappa shape index (κ2) is 7.84. The number of carbonyl (C=O) groups is 1. The number of hydrogen-bond donors (Lipinski definition) is 2. The van der Waals surface area contributed by atoms with Crippen molar-refractivity contribution in [2.75, 3.05) is 26.2 Å². The maximum Gasteiger partial charge on any atom is 0.254 e. The van der Waals surface area contributed by atoms with E-state index in [2.05, 4.69) is 0 Å². The summed E-state index contributed by atoms with van der Waals surface area (Å²) in [6.45, 7) is 3.82. The second-order valence-electron chi connectivity index (χ2n) is 4.16. The maximum atomic E-state index is 12.4. The van der Waals surface area contributed by atoms with Crippen LogP contribution < -0.4 is 5.73 Å². The molecule has 0 unspecified atom stereocenters. The van der Waals surface area contributed by atoms with Crippen molar-refractivity contribution in [3.05, 3.63) is 35.4 Å². The highest BCUT2D eigenvalue weighted by Crippen LogP contribution is 2.12. The molecule has 4 heteroatoms. The van der Waals surface area contributed by atoms with E-state index in [0.717, 1.165) is 11.1 Å². The highest BCUT2D eigenvalue weighted by molar-refractivity contribution is 5.95. The summed E-state index contributed by atoms with van der Waals surface area (Å²) >= 11 is 0. The van der Waals surface area contributed by atoms with Crippen molar-refractivity contribution < 1.29 is 9.90 Å². The van der Waals surface area contributed by atoms with Gasteiger partial charge in [0.15, 0.2) is 0 Å². The van der Waals surface area contributed by atoms with Crippen molar-refractivity contribution in [3.63, 3.8) is 0 Å². The molecule has 0 fully saturated rings. The number of nitrogens with two attached hydrogens (primary N) is 1. The summed E-state index contributed by atoms with van der Waals surface area (Å²) in [6, 6.07) is 7.58. The first-order valence-corrected chi connectivity index (χ1v) is 6.42. The van der Waals surface area contributed by atoms with Gasteiger partial charge in [-0.25, -0.2) is 0 Å². The summed E-state index contributed by atoms with van der Waals surface area (Å²) in [5, 5.41) is 8.85. The van der Waals surface area contributed by atoms with Crippen molar-refractivity contribution in [1.29, 1.82) is 0 Å². The molecule has 100 valence electrons. The zero-order valence-corrected chi connectivity index (χ0v) is 10.9. The average molecular weight is 250 g/mol. The molecule has 4 nitrogen and oxygen atoms in total. The number of benzene rings is 1. The molecule has 0 spiro atoms. The van der Waals surface area contributed by atoms with E-state index in [9.17, 15) is 4.79 Å². The van der Waals surface area contributed by atoms with Crippen LogP contribution in [0.2, 0.25) is 0 Å². The Morgan fingerprint density at radius 2 is 2.11 bits per heavy atom. The van der Waals surface area contributed by atoms with Gasteiger partial charge in [0, 0.05) is 25.3 Å². The van der Waals surface area contributed by atoms with Crippen molar-refractivity contribution in [2.45, 2.75) is 19.8 Å². The largest absolute Gasteiger partial charge is 0.396 e. The highest BCUT2D eigenvalue weighted by Gasteiger charge is 2.16. The Balaban J connectivity index is 2.86. The van der Waals surface area contributed by atoms with Gasteiger partial charge in [0.1, 0.15) is 0 Å². The lowest BCUT2D eigenvalue weighted by Gasteiger charge is -2.21. The zero-order valence-electron chi connectivity index (χ0n) is 10.9. The fourth-order valence-electron chi connectivity index (χ4n) is 1.94. The van der Waals surface area contributed by atoms with E-state index >= 15 is 0 Å². The van der Waals surface area contributed by atoms with E-state index in [-0.39, 0.29) is 12.5 Å². The van der Waals surface area contributed by atoms with Crippen LogP contribution in [0.3, 0.4) is 0 Å². The molecule has 1 aromatic carbocycles. The Morgan fingerprint density at radius 1 is 1.39 bits per heavy atom. The summed E-state index contributed by atoms with van der Waals surface area (Å²) in [5.74, 6) is 0.0231. The number of aliphatic hydroxyl groups is 1. The van der Waals surface area contributed by atoms with Crippen LogP contribution in [-0.4, -0.2) is 42.2 Å². The number of aliphatic hydroxyl groups excluding tert-OH is 1. The van der Waals surface area contributed by atoms with Crippen LogP contribution in [0.1, 0.15) is 29.3 Å². The van der Waals surface area contributed by atoms with Crippen LogP contribution in [0, 0.1) is 0 Å². The molecule has 0 aliphatic heterocycles. The first-order chi connectivity index (χ1) is 8.74. The third-order valence-corrected chi connectivity index (χ3v) is 2.92. The monoisotopic (exact) mass is 250 g/mol. The minimum Gasteiger partial charge on any atom is -0.396 e. The number of carbonyl (C=O) groups excluding carboxylic acids is 1. The van der Waals surface area contributed by atoms with E-state index in [1.807, 2.05) is 31.2 Å². The second-order valence-corrected chi connectivity index (χ2v) is 4.16. The molecular formula is C14H22N2O2. The summed E-state index contributed by atoms with van der Waals surface area (Å²) in [7, 11) is 0. The van der Waals surface area contributed by atoms with Gasteiger partial charge in [0.2, 0.25) is 0 Å². The van der Waals surface area contributed by atoms with Gasteiger partial charge in [0.05, 0.1) is 0 Å². The predicted octanol–water partition coefficient (Wildman–Crippen LogP) is 1.03. The van der Waals surface area contributed by atoms with Crippen LogP contribution in [-0.2, 0) is 6.42 Å². The summed E-state index contributed by atoms with van der Waals surface area (Å²) in [5.41, 5.74) is 7.28. The SMILES string of the molecule is CCN(CCCO)C(=O)c1ccccc1CCN. The Morgan fingerprint density at radius 3 is 2.72 bits per heavy atom. The van der Waals surface area contributed by atoms with Crippen molar-refractivity contribution in [2.24, 2.45) is 5.73 Å². The van der Waals surface area contributed by atoms with E-state index < -0.39 is 0 Å².